The predicted octanol–water partition coefficient (Wildman–Crippen LogP) is 4.48. The van der Waals surface area contributed by atoms with Crippen LogP contribution in [0.25, 0.3) is 22.2 Å². The zero-order valence-corrected chi connectivity index (χ0v) is 23.7. The fourth-order valence-corrected chi connectivity index (χ4v) is 8.93. The number of alkyl halides is 1. The average Bonchev–Trinajstić information content (AvgIpc) is 3.43. The summed E-state index contributed by atoms with van der Waals surface area (Å²) in [5, 5.41) is 14.8. The van der Waals surface area contributed by atoms with Gasteiger partial charge in [-0.05, 0) is 86.6 Å². The molecular formula is C32H36F2N6O2. The largest absolute Gasteiger partial charge is 0.508 e. The highest BCUT2D eigenvalue weighted by atomic mass is 19.1. The molecule has 220 valence electrons. The van der Waals surface area contributed by atoms with Gasteiger partial charge < -0.3 is 20.1 Å². The molecule has 2 unspecified atom stereocenters. The Hall–Kier alpha value is -3.11. The Balaban J connectivity index is 1.15. The third-order valence-corrected chi connectivity index (χ3v) is 11.0. The Bertz CT molecular complexity index is 1590. The Kier molecular flexibility index (Phi) is 5.56. The highest BCUT2D eigenvalue weighted by Gasteiger charge is 2.49. The molecule has 5 fully saturated rings. The number of nitrogens with zero attached hydrogens (tertiary/aromatic N) is 5. The molecule has 0 radical (unpaired) electrons. The van der Waals surface area contributed by atoms with Crippen molar-refractivity contribution in [1.29, 1.82) is 0 Å². The molecule has 2 N–H and O–H groups in total. The van der Waals surface area contributed by atoms with Crippen molar-refractivity contribution in [2.45, 2.75) is 81.1 Å². The lowest BCUT2D eigenvalue weighted by Gasteiger charge is -2.34. The summed E-state index contributed by atoms with van der Waals surface area (Å²) < 4.78 is 37.4. The summed E-state index contributed by atoms with van der Waals surface area (Å²) in [6.45, 7) is 3.15. The zero-order valence-electron chi connectivity index (χ0n) is 23.7. The maximum absolute atomic E-state index is 16.7. The number of aromatic nitrogens is 3. The maximum atomic E-state index is 16.7. The second kappa shape index (κ2) is 9.19. The predicted molar refractivity (Wildman–Crippen MR) is 154 cm³/mol. The molecule has 10 heteroatoms. The van der Waals surface area contributed by atoms with E-state index in [2.05, 4.69) is 25.1 Å². The first kappa shape index (κ1) is 25.4. The van der Waals surface area contributed by atoms with Gasteiger partial charge >= 0.3 is 6.01 Å². The summed E-state index contributed by atoms with van der Waals surface area (Å²) in [6.07, 6.45) is 8.50. The Morgan fingerprint density at radius 2 is 1.98 bits per heavy atom. The van der Waals surface area contributed by atoms with Crippen LogP contribution in [0, 0.1) is 11.7 Å². The van der Waals surface area contributed by atoms with Gasteiger partial charge in [-0.15, -0.1) is 0 Å². The number of benzene rings is 1. The van der Waals surface area contributed by atoms with Crippen molar-refractivity contribution in [1.82, 2.24) is 25.2 Å². The first-order valence-electron chi connectivity index (χ1n) is 15.7. The SMILES string of the molecule is Oc1cc2c(c(-c3ncc4c(N5C[C@H]6CC[C@@H](C5)N6)nc(OC[C@@]56CCCN5C[C@H](F)C6)nc4c3F)c1)C1CC1CC2. The molecule has 9 rings (SSSR count). The normalized spacial score (nSPS) is 33.1. The van der Waals surface area contributed by atoms with Gasteiger partial charge in [0, 0.05) is 49.9 Å². The summed E-state index contributed by atoms with van der Waals surface area (Å²) in [7, 11) is 0. The number of anilines is 1. The molecule has 4 aliphatic heterocycles. The van der Waals surface area contributed by atoms with Crippen LogP contribution in [0.5, 0.6) is 11.8 Å². The molecule has 4 saturated heterocycles. The second-order valence-electron chi connectivity index (χ2n) is 13.6. The second-order valence-corrected chi connectivity index (χ2v) is 13.6. The van der Waals surface area contributed by atoms with E-state index in [1.807, 2.05) is 6.07 Å². The molecule has 6 aliphatic rings. The molecule has 0 amide bonds. The number of aromatic hydroxyl groups is 1. The summed E-state index contributed by atoms with van der Waals surface area (Å²) in [5.41, 5.74) is 2.94. The maximum Gasteiger partial charge on any atom is 0.319 e. The number of pyridine rings is 1. The van der Waals surface area contributed by atoms with Gasteiger partial charge in [0.1, 0.15) is 35.6 Å². The summed E-state index contributed by atoms with van der Waals surface area (Å²) >= 11 is 0. The topological polar surface area (TPSA) is 86.6 Å². The van der Waals surface area contributed by atoms with E-state index < -0.39 is 12.0 Å². The Labute approximate surface area is 243 Å². The molecule has 6 atom stereocenters. The number of fused-ring (bicyclic) bond motifs is 7. The van der Waals surface area contributed by atoms with E-state index >= 15 is 4.39 Å². The average molecular weight is 575 g/mol. The first-order valence-corrected chi connectivity index (χ1v) is 15.7. The van der Waals surface area contributed by atoms with Crippen LogP contribution in [-0.4, -0.2) is 81.5 Å². The van der Waals surface area contributed by atoms with E-state index in [0.717, 1.165) is 75.7 Å². The highest BCUT2D eigenvalue weighted by molar-refractivity contribution is 5.92. The molecule has 1 aromatic carbocycles. The lowest BCUT2D eigenvalue weighted by atomic mass is 9.86. The fraction of sp³-hybridized carbons (Fsp3) is 0.594. The van der Waals surface area contributed by atoms with Gasteiger partial charge in [0.2, 0.25) is 0 Å². The Morgan fingerprint density at radius 1 is 1.12 bits per heavy atom. The van der Waals surface area contributed by atoms with Crippen molar-refractivity contribution in [2.75, 3.05) is 37.7 Å². The molecule has 3 aromatic rings. The molecular weight excluding hydrogens is 538 g/mol. The van der Waals surface area contributed by atoms with Gasteiger partial charge in [0.15, 0.2) is 5.82 Å². The number of aryl methyl sites for hydroxylation is 1. The third-order valence-electron chi connectivity index (χ3n) is 11.0. The summed E-state index contributed by atoms with van der Waals surface area (Å²) in [5.74, 6) is 1.30. The van der Waals surface area contributed by atoms with E-state index in [-0.39, 0.29) is 35.1 Å². The number of piperazine rings is 1. The number of phenolic OH excluding ortho intramolecular Hbond substituents is 1. The van der Waals surface area contributed by atoms with Crippen LogP contribution in [0.3, 0.4) is 0 Å². The number of ether oxygens (including phenoxy) is 1. The minimum absolute atomic E-state index is 0.128. The van der Waals surface area contributed by atoms with Gasteiger partial charge in [-0.3, -0.25) is 9.88 Å². The Morgan fingerprint density at radius 3 is 2.83 bits per heavy atom. The quantitative estimate of drug-likeness (QED) is 0.462. The van der Waals surface area contributed by atoms with Crippen LogP contribution in [0.15, 0.2) is 18.3 Å². The van der Waals surface area contributed by atoms with Gasteiger partial charge in [-0.25, -0.2) is 8.78 Å². The fourth-order valence-electron chi connectivity index (χ4n) is 8.93. The van der Waals surface area contributed by atoms with Gasteiger partial charge in [0.25, 0.3) is 0 Å². The van der Waals surface area contributed by atoms with Crippen LogP contribution in [0.2, 0.25) is 0 Å². The third kappa shape index (κ3) is 3.93. The molecule has 2 aromatic heterocycles. The van der Waals surface area contributed by atoms with Crippen molar-refractivity contribution in [3.8, 4) is 23.0 Å². The van der Waals surface area contributed by atoms with E-state index in [9.17, 15) is 9.50 Å². The number of hydrogen-bond donors (Lipinski definition) is 2. The van der Waals surface area contributed by atoms with Crippen molar-refractivity contribution in [2.24, 2.45) is 5.92 Å². The lowest BCUT2D eigenvalue weighted by molar-refractivity contribution is 0.107. The highest BCUT2D eigenvalue weighted by Crippen LogP contribution is 2.57. The van der Waals surface area contributed by atoms with E-state index in [1.165, 1.54) is 0 Å². The van der Waals surface area contributed by atoms with Crippen molar-refractivity contribution >= 4 is 16.7 Å². The molecule has 6 heterocycles. The molecule has 2 aliphatic carbocycles. The number of nitrogens with one attached hydrogen (secondary N) is 1. The summed E-state index contributed by atoms with van der Waals surface area (Å²) in [6, 6.07) is 4.35. The van der Waals surface area contributed by atoms with E-state index in [4.69, 9.17) is 9.72 Å². The van der Waals surface area contributed by atoms with E-state index in [0.29, 0.717) is 53.7 Å². The molecule has 8 nitrogen and oxygen atoms in total. The van der Waals surface area contributed by atoms with Crippen LogP contribution >= 0.6 is 0 Å². The van der Waals surface area contributed by atoms with Crippen LogP contribution < -0.4 is 15.0 Å². The standard InChI is InChI=1S/C32H36F2N6O2/c33-19-11-32(6-1-7-40(32)13-19)16-42-31-37-29-25(30(38-31)39-14-20-4-5-21(15-39)36-20)12-35-28(27(29)34)24-10-22(41)8-18-3-2-17-9-23(17)26(18)24/h8,10,12,17,19-21,23,36,41H,1-7,9,11,13-16H2/t17?,19-,20-,21+,23?,32+/m1/s1. The van der Waals surface area contributed by atoms with Gasteiger partial charge in [-0.1, -0.05) is 0 Å². The molecule has 1 saturated carbocycles. The number of phenols is 1. The van der Waals surface area contributed by atoms with Crippen LogP contribution in [0.1, 0.15) is 62.0 Å². The zero-order chi connectivity index (χ0) is 28.2. The first-order chi connectivity index (χ1) is 20.4. The van der Waals surface area contributed by atoms with Crippen molar-refractivity contribution in [3.05, 3.63) is 35.3 Å². The monoisotopic (exact) mass is 574 g/mol. The smallest absolute Gasteiger partial charge is 0.319 e. The van der Waals surface area contributed by atoms with Crippen LogP contribution in [0.4, 0.5) is 14.6 Å². The van der Waals surface area contributed by atoms with Crippen molar-refractivity contribution < 1.29 is 18.6 Å². The molecule has 2 bridgehead atoms. The number of hydrogen-bond acceptors (Lipinski definition) is 8. The van der Waals surface area contributed by atoms with Gasteiger partial charge in [0.05, 0.1) is 10.9 Å². The molecule has 0 spiro atoms. The minimum Gasteiger partial charge on any atom is -0.508 e. The number of rotatable bonds is 5. The minimum atomic E-state index is -0.858. The van der Waals surface area contributed by atoms with Crippen molar-refractivity contribution in [3.63, 3.8) is 0 Å². The summed E-state index contributed by atoms with van der Waals surface area (Å²) in [4.78, 5) is 18.6. The van der Waals surface area contributed by atoms with E-state index in [1.54, 1.807) is 12.3 Å². The van der Waals surface area contributed by atoms with Gasteiger partial charge in [-0.2, -0.15) is 9.97 Å². The molecule has 42 heavy (non-hydrogen) atoms. The van der Waals surface area contributed by atoms with Crippen LogP contribution in [-0.2, 0) is 6.42 Å². The lowest BCUT2D eigenvalue weighted by Crippen LogP contribution is -2.51. The number of halogens is 2.